The number of alkyl halides is 3. The van der Waals surface area contributed by atoms with Crippen LogP contribution in [0.4, 0.5) is 13.2 Å². The maximum absolute atomic E-state index is 12.1. The second-order valence-electron chi connectivity index (χ2n) is 2.79. The topological polar surface area (TPSA) is 72.5 Å². The number of methoxy groups -OCH3 is 1. The normalized spacial score (nSPS) is 16.4. The molecule has 4 nitrogen and oxygen atoms in total. The summed E-state index contributed by atoms with van der Waals surface area (Å²) in [6.45, 7) is 0. The zero-order valence-corrected chi connectivity index (χ0v) is 7.54. The molecular formula is C7H12F3NO3. The van der Waals surface area contributed by atoms with Crippen LogP contribution in [0.25, 0.3) is 0 Å². The van der Waals surface area contributed by atoms with Gasteiger partial charge in [-0.3, -0.25) is 4.79 Å². The van der Waals surface area contributed by atoms with Crippen LogP contribution in [0, 0.1) is 0 Å². The highest BCUT2D eigenvalue weighted by Crippen LogP contribution is 2.25. The quantitative estimate of drug-likeness (QED) is 0.710. The molecule has 0 bridgehead atoms. The summed E-state index contributed by atoms with van der Waals surface area (Å²) in [6, 6.07) is -1.28. The molecule has 0 aromatic rings. The average Bonchev–Trinajstić information content (AvgIpc) is 2.02. The summed E-state index contributed by atoms with van der Waals surface area (Å²) >= 11 is 0. The minimum atomic E-state index is -4.48. The Balaban J connectivity index is 4.03. The van der Waals surface area contributed by atoms with Gasteiger partial charge in [-0.1, -0.05) is 0 Å². The van der Waals surface area contributed by atoms with Crippen molar-refractivity contribution in [3.05, 3.63) is 0 Å². The molecule has 0 fully saturated rings. The van der Waals surface area contributed by atoms with Crippen molar-refractivity contribution in [2.75, 3.05) is 7.11 Å². The smallest absolute Gasteiger partial charge is 0.414 e. The fourth-order valence-electron chi connectivity index (χ4n) is 0.870. The summed E-state index contributed by atoms with van der Waals surface area (Å²) in [4.78, 5) is 10.2. The Morgan fingerprint density at radius 2 is 2.00 bits per heavy atom. The van der Waals surface area contributed by atoms with E-state index in [4.69, 9.17) is 10.8 Å². The number of hydrogen-bond acceptors (Lipinski definition) is 3. The fraction of sp³-hybridized carbons (Fsp3) is 0.857. The molecule has 0 rings (SSSR count). The Kier molecular flexibility index (Phi) is 4.86. The van der Waals surface area contributed by atoms with E-state index in [-0.39, 0.29) is 6.42 Å². The summed E-state index contributed by atoms with van der Waals surface area (Å²) in [5.41, 5.74) is 5.04. The third-order valence-corrected chi connectivity index (χ3v) is 1.71. The van der Waals surface area contributed by atoms with Gasteiger partial charge in [0.05, 0.1) is 0 Å². The second kappa shape index (κ2) is 5.16. The molecule has 0 aromatic carbocycles. The molecule has 0 saturated heterocycles. The number of carboxylic acids is 1. The average molecular weight is 215 g/mol. The van der Waals surface area contributed by atoms with Gasteiger partial charge >= 0.3 is 12.1 Å². The molecule has 0 aromatic heterocycles. The van der Waals surface area contributed by atoms with E-state index >= 15 is 0 Å². The SMILES string of the molecule is CO[C@@H](CC[C@H](N)C(=O)O)C(F)(F)F. The highest BCUT2D eigenvalue weighted by molar-refractivity contribution is 5.72. The van der Waals surface area contributed by atoms with E-state index in [1.807, 2.05) is 0 Å². The van der Waals surface area contributed by atoms with Crippen LogP contribution in [0.5, 0.6) is 0 Å². The molecule has 0 amide bonds. The highest BCUT2D eigenvalue weighted by Gasteiger charge is 2.39. The van der Waals surface area contributed by atoms with Gasteiger partial charge in [-0.25, -0.2) is 0 Å². The number of carbonyl (C=O) groups is 1. The Hall–Kier alpha value is -0.820. The molecule has 7 heteroatoms. The van der Waals surface area contributed by atoms with Gasteiger partial charge in [0.15, 0.2) is 6.10 Å². The van der Waals surface area contributed by atoms with Crippen LogP contribution in [0.3, 0.4) is 0 Å². The molecule has 0 aliphatic heterocycles. The van der Waals surface area contributed by atoms with Crippen LogP contribution in [-0.2, 0) is 9.53 Å². The van der Waals surface area contributed by atoms with Gasteiger partial charge in [-0.2, -0.15) is 13.2 Å². The highest BCUT2D eigenvalue weighted by atomic mass is 19.4. The first-order valence-corrected chi connectivity index (χ1v) is 3.87. The second-order valence-corrected chi connectivity index (χ2v) is 2.79. The lowest BCUT2D eigenvalue weighted by atomic mass is 10.1. The number of nitrogens with two attached hydrogens (primary N) is 1. The minimum Gasteiger partial charge on any atom is -0.480 e. The predicted octanol–water partition coefficient (Wildman–Crippen LogP) is 0.756. The maximum atomic E-state index is 12.1. The Labute approximate surface area is 78.8 Å². The minimum absolute atomic E-state index is 0.270. The van der Waals surface area contributed by atoms with Gasteiger partial charge in [0.1, 0.15) is 6.04 Å². The van der Waals surface area contributed by atoms with Crippen LogP contribution in [0.2, 0.25) is 0 Å². The molecule has 0 heterocycles. The Morgan fingerprint density at radius 1 is 1.50 bits per heavy atom. The molecule has 0 aliphatic rings. The first-order chi connectivity index (χ1) is 6.29. The number of hydrogen-bond donors (Lipinski definition) is 2. The molecule has 0 spiro atoms. The molecular weight excluding hydrogens is 203 g/mol. The third-order valence-electron chi connectivity index (χ3n) is 1.71. The first-order valence-electron chi connectivity index (χ1n) is 3.87. The summed E-state index contributed by atoms with van der Waals surface area (Å²) in [5.74, 6) is -1.32. The third kappa shape index (κ3) is 4.43. The molecule has 0 saturated carbocycles. The number of carboxylic acid groups (broad SMARTS) is 1. The molecule has 0 unspecified atom stereocenters. The summed E-state index contributed by atoms with van der Waals surface area (Å²) in [6.07, 6.45) is -7.15. The standard InChI is InChI=1S/C7H12F3NO3/c1-14-5(7(8,9)10)3-2-4(11)6(12)13/h4-5H,2-3,11H2,1H3,(H,12,13)/t4-,5-/m0/s1. The Morgan fingerprint density at radius 3 is 2.29 bits per heavy atom. The first kappa shape index (κ1) is 13.2. The van der Waals surface area contributed by atoms with E-state index in [1.54, 1.807) is 0 Å². The summed E-state index contributed by atoms with van der Waals surface area (Å²) in [5, 5.41) is 8.32. The Bertz CT molecular complexity index is 195. The van der Waals surface area contributed by atoms with Gasteiger partial charge < -0.3 is 15.6 Å². The number of ether oxygens (including phenoxy) is 1. The maximum Gasteiger partial charge on any atom is 0.414 e. The fourth-order valence-corrected chi connectivity index (χ4v) is 0.870. The van der Waals surface area contributed by atoms with Crippen molar-refractivity contribution in [1.29, 1.82) is 0 Å². The number of halogens is 3. The van der Waals surface area contributed by atoms with Gasteiger partial charge in [0, 0.05) is 7.11 Å². The molecule has 3 N–H and O–H groups in total. The van der Waals surface area contributed by atoms with E-state index in [0.717, 1.165) is 7.11 Å². The zero-order valence-electron chi connectivity index (χ0n) is 7.54. The van der Waals surface area contributed by atoms with Gasteiger partial charge in [0.2, 0.25) is 0 Å². The molecule has 2 atom stereocenters. The van der Waals surface area contributed by atoms with Gasteiger partial charge in [-0.05, 0) is 12.8 Å². The van der Waals surface area contributed by atoms with Crippen LogP contribution < -0.4 is 5.73 Å². The van der Waals surface area contributed by atoms with E-state index < -0.39 is 30.7 Å². The van der Waals surface area contributed by atoms with E-state index in [0.29, 0.717) is 0 Å². The lowest BCUT2D eigenvalue weighted by Gasteiger charge is -2.19. The van der Waals surface area contributed by atoms with E-state index in [2.05, 4.69) is 4.74 Å². The van der Waals surface area contributed by atoms with Crippen LogP contribution in [0.15, 0.2) is 0 Å². The van der Waals surface area contributed by atoms with Gasteiger partial charge in [-0.15, -0.1) is 0 Å². The lowest BCUT2D eigenvalue weighted by Crippen LogP contribution is -2.35. The molecule has 14 heavy (non-hydrogen) atoms. The van der Waals surface area contributed by atoms with E-state index in [1.165, 1.54) is 0 Å². The van der Waals surface area contributed by atoms with Crippen molar-refractivity contribution in [2.45, 2.75) is 31.2 Å². The molecule has 0 radical (unpaired) electrons. The van der Waals surface area contributed by atoms with Crippen LogP contribution in [-0.4, -0.2) is 36.5 Å². The van der Waals surface area contributed by atoms with Crippen molar-refractivity contribution in [2.24, 2.45) is 5.73 Å². The van der Waals surface area contributed by atoms with Crippen molar-refractivity contribution >= 4 is 5.97 Å². The van der Waals surface area contributed by atoms with Crippen molar-refractivity contribution in [3.63, 3.8) is 0 Å². The van der Waals surface area contributed by atoms with Crippen LogP contribution >= 0.6 is 0 Å². The van der Waals surface area contributed by atoms with Gasteiger partial charge in [0.25, 0.3) is 0 Å². The summed E-state index contributed by atoms with van der Waals surface area (Å²) < 4.78 is 40.3. The molecule has 84 valence electrons. The number of aliphatic carboxylic acids is 1. The van der Waals surface area contributed by atoms with Crippen LogP contribution in [0.1, 0.15) is 12.8 Å². The van der Waals surface area contributed by atoms with Crippen molar-refractivity contribution in [3.8, 4) is 0 Å². The van der Waals surface area contributed by atoms with Crippen molar-refractivity contribution in [1.82, 2.24) is 0 Å². The largest absolute Gasteiger partial charge is 0.480 e. The summed E-state index contributed by atoms with van der Waals surface area (Å²) in [7, 11) is 0.921. The predicted molar refractivity (Wildman–Crippen MR) is 41.7 cm³/mol. The van der Waals surface area contributed by atoms with Crippen molar-refractivity contribution < 1.29 is 27.8 Å². The zero-order chi connectivity index (χ0) is 11.4. The molecule has 0 aliphatic carbocycles. The monoisotopic (exact) mass is 215 g/mol. The number of rotatable bonds is 5. The lowest BCUT2D eigenvalue weighted by molar-refractivity contribution is -0.215. The van der Waals surface area contributed by atoms with E-state index in [9.17, 15) is 18.0 Å².